The molecule has 4 heterocycles. The maximum Gasteiger partial charge on any atom is 0.257 e. The van der Waals surface area contributed by atoms with E-state index in [0.717, 1.165) is 37.7 Å². The number of hydrogen-bond acceptors (Lipinski definition) is 4. The second kappa shape index (κ2) is 5.59. The molecule has 1 aromatic heterocycles. The first-order chi connectivity index (χ1) is 12.2. The van der Waals surface area contributed by atoms with Gasteiger partial charge < -0.3 is 20.0 Å². The van der Waals surface area contributed by atoms with E-state index in [1.807, 2.05) is 0 Å². The molecule has 6 nitrogen and oxygen atoms in total. The molecule has 6 heteroatoms. The lowest BCUT2D eigenvalue weighted by Gasteiger charge is -2.30. The van der Waals surface area contributed by atoms with Crippen LogP contribution in [-0.2, 0) is 0 Å². The van der Waals surface area contributed by atoms with Crippen LogP contribution in [0.25, 0.3) is 11.0 Å². The Bertz CT molecular complexity index is 855. The van der Waals surface area contributed by atoms with Crippen molar-refractivity contribution in [2.45, 2.75) is 43.8 Å². The van der Waals surface area contributed by atoms with E-state index in [-0.39, 0.29) is 17.9 Å². The Morgan fingerprint density at radius 2 is 2.12 bits per heavy atom. The minimum atomic E-state index is -0.0789. The zero-order valence-corrected chi connectivity index (χ0v) is 14.0. The van der Waals surface area contributed by atoms with Gasteiger partial charge in [0.05, 0.1) is 5.56 Å². The van der Waals surface area contributed by atoms with Crippen molar-refractivity contribution < 1.29 is 14.0 Å². The van der Waals surface area contributed by atoms with Gasteiger partial charge in [-0.2, -0.15) is 0 Å². The highest BCUT2D eigenvalue weighted by Crippen LogP contribution is 2.29. The molecule has 3 aliphatic heterocycles. The molecular weight excluding hydrogens is 318 g/mol. The highest BCUT2D eigenvalue weighted by atomic mass is 16.3. The van der Waals surface area contributed by atoms with E-state index in [1.165, 1.54) is 12.7 Å². The van der Waals surface area contributed by atoms with Gasteiger partial charge in [0.2, 0.25) is 0 Å². The lowest BCUT2D eigenvalue weighted by molar-refractivity contribution is 0.0652. The Labute approximate surface area is 145 Å². The second-order valence-corrected chi connectivity index (χ2v) is 7.37. The van der Waals surface area contributed by atoms with Crippen molar-refractivity contribution in [2.24, 2.45) is 0 Å². The van der Waals surface area contributed by atoms with Crippen molar-refractivity contribution in [1.29, 1.82) is 0 Å². The summed E-state index contributed by atoms with van der Waals surface area (Å²) in [5.41, 5.74) is 1.77. The molecule has 2 aromatic rings. The van der Waals surface area contributed by atoms with Crippen LogP contribution >= 0.6 is 0 Å². The van der Waals surface area contributed by atoms with Crippen molar-refractivity contribution in [3.8, 4) is 0 Å². The van der Waals surface area contributed by atoms with Gasteiger partial charge in [-0.3, -0.25) is 9.59 Å². The summed E-state index contributed by atoms with van der Waals surface area (Å²) in [7, 11) is 0. The molecule has 25 heavy (non-hydrogen) atoms. The number of furan rings is 1. The summed E-state index contributed by atoms with van der Waals surface area (Å²) in [6.45, 7) is 1.59. The van der Waals surface area contributed by atoms with Crippen LogP contribution in [0.4, 0.5) is 0 Å². The molecule has 1 aromatic carbocycles. The average molecular weight is 339 g/mol. The summed E-state index contributed by atoms with van der Waals surface area (Å²) in [6.07, 6.45) is 5.90. The number of carbonyl (C=O) groups is 2. The van der Waals surface area contributed by atoms with Crippen molar-refractivity contribution >= 4 is 22.8 Å². The molecule has 0 spiro atoms. The van der Waals surface area contributed by atoms with Crippen LogP contribution in [0.2, 0.25) is 0 Å². The van der Waals surface area contributed by atoms with Crippen molar-refractivity contribution in [2.75, 3.05) is 13.1 Å². The third-order valence-electron chi connectivity index (χ3n) is 5.83. The first kappa shape index (κ1) is 15.0. The molecule has 3 fully saturated rings. The van der Waals surface area contributed by atoms with Gasteiger partial charge in [-0.25, -0.2) is 0 Å². The maximum atomic E-state index is 12.7. The second-order valence-electron chi connectivity index (χ2n) is 7.37. The highest BCUT2D eigenvalue weighted by molar-refractivity contribution is 6.08. The van der Waals surface area contributed by atoms with Crippen LogP contribution in [0.15, 0.2) is 28.9 Å². The number of amides is 2. The van der Waals surface area contributed by atoms with E-state index >= 15 is 0 Å². The molecular formula is C19H21N3O3. The number of fused-ring (bicyclic) bond motifs is 3. The fourth-order valence-corrected chi connectivity index (χ4v) is 4.26. The van der Waals surface area contributed by atoms with E-state index in [9.17, 15) is 9.59 Å². The number of nitrogens with one attached hydrogen (secondary N) is 2. The molecule has 0 saturated carbocycles. The van der Waals surface area contributed by atoms with E-state index in [2.05, 4.69) is 10.6 Å². The predicted molar refractivity (Wildman–Crippen MR) is 92.6 cm³/mol. The Balaban J connectivity index is 1.39. The Morgan fingerprint density at radius 3 is 2.80 bits per heavy atom. The van der Waals surface area contributed by atoms with Crippen molar-refractivity contribution in [3.05, 3.63) is 35.6 Å². The van der Waals surface area contributed by atoms with Gasteiger partial charge in [0.1, 0.15) is 11.8 Å². The van der Waals surface area contributed by atoms with E-state index in [0.29, 0.717) is 28.8 Å². The average Bonchev–Trinajstić information content (AvgIpc) is 3.27. The Morgan fingerprint density at radius 1 is 1.24 bits per heavy atom. The lowest BCUT2D eigenvalue weighted by Crippen LogP contribution is -2.43. The molecule has 0 radical (unpaired) electrons. The Hall–Kier alpha value is -2.34. The topological polar surface area (TPSA) is 74.6 Å². The van der Waals surface area contributed by atoms with Gasteiger partial charge in [0, 0.05) is 42.2 Å². The van der Waals surface area contributed by atoms with Crippen LogP contribution in [0.1, 0.15) is 46.4 Å². The Kier molecular flexibility index (Phi) is 3.35. The molecule has 2 bridgehead atoms. The number of carbonyl (C=O) groups excluding carboxylic acids is 2. The van der Waals surface area contributed by atoms with Gasteiger partial charge in [0.25, 0.3) is 11.8 Å². The summed E-state index contributed by atoms with van der Waals surface area (Å²) in [6, 6.07) is 6.47. The van der Waals surface area contributed by atoms with Gasteiger partial charge in [-0.05, 0) is 43.9 Å². The summed E-state index contributed by atoms with van der Waals surface area (Å²) < 4.78 is 5.51. The number of benzene rings is 1. The van der Waals surface area contributed by atoms with Gasteiger partial charge in [-0.15, -0.1) is 0 Å². The minimum absolute atomic E-state index is 0.0140. The van der Waals surface area contributed by atoms with Crippen LogP contribution in [-0.4, -0.2) is 47.9 Å². The molecule has 3 saturated heterocycles. The van der Waals surface area contributed by atoms with E-state index in [4.69, 9.17) is 4.42 Å². The SMILES string of the molecule is O=C(N[C@@H]1C[C@H]2CC[C@@H]1N2)c1ccc2occ(C(=O)N3CCC3)c2c1. The zero-order valence-electron chi connectivity index (χ0n) is 14.0. The molecule has 3 aliphatic rings. The van der Waals surface area contributed by atoms with Gasteiger partial charge >= 0.3 is 0 Å². The van der Waals surface area contributed by atoms with Crippen molar-refractivity contribution in [3.63, 3.8) is 0 Å². The van der Waals surface area contributed by atoms with Crippen LogP contribution in [0.5, 0.6) is 0 Å². The largest absolute Gasteiger partial charge is 0.463 e. The fourth-order valence-electron chi connectivity index (χ4n) is 4.26. The molecule has 130 valence electrons. The normalized spacial score (nSPS) is 27.5. The molecule has 0 unspecified atom stereocenters. The summed E-state index contributed by atoms with van der Waals surface area (Å²) in [5, 5.41) is 7.40. The highest BCUT2D eigenvalue weighted by Gasteiger charge is 2.39. The smallest absolute Gasteiger partial charge is 0.257 e. The summed E-state index contributed by atoms with van der Waals surface area (Å²) >= 11 is 0. The molecule has 2 N–H and O–H groups in total. The number of likely N-dealkylation sites (tertiary alicyclic amines) is 1. The van der Waals surface area contributed by atoms with Gasteiger partial charge in [0.15, 0.2) is 0 Å². The number of rotatable bonds is 3. The molecule has 3 atom stereocenters. The predicted octanol–water partition coefficient (Wildman–Crippen LogP) is 1.90. The van der Waals surface area contributed by atoms with Crippen LogP contribution in [0, 0.1) is 0 Å². The van der Waals surface area contributed by atoms with E-state index in [1.54, 1.807) is 23.1 Å². The lowest BCUT2D eigenvalue weighted by atomic mass is 9.95. The monoisotopic (exact) mass is 339 g/mol. The molecule has 5 rings (SSSR count). The summed E-state index contributed by atoms with van der Waals surface area (Å²) in [5.74, 6) is -0.0929. The number of hydrogen-bond donors (Lipinski definition) is 2. The minimum Gasteiger partial charge on any atom is -0.463 e. The zero-order chi connectivity index (χ0) is 17.0. The number of nitrogens with zero attached hydrogens (tertiary/aromatic N) is 1. The quantitative estimate of drug-likeness (QED) is 0.896. The standard InChI is InChI=1S/C19H21N3O3/c23-18(21-16-9-12-3-4-15(16)20-12)11-2-5-17-13(8-11)14(10-25-17)19(24)22-6-1-7-22/h2,5,8,10,12,15-16,20H,1,3-4,6-7,9H2,(H,21,23)/t12-,15+,16-/m1/s1. The third-order valence-corrected chi connectivity index (χ3v) is 5.83. The molecule has 2 amide bonds. The fraction of sp³-hybridized carbons (Fsp3) is 0.474. The maximum absolute atomic E-state index is 12.7. The first-order valence-electron chi connectivity index (χ1n) is 9.06. The first-order valence-corrected chi connectivity index (χ1v) is 9.06. The summed E-state index contributed by atoms with van der Waals surface area (Å²) in [4.78, 5) is 27.0. The van der Waals surface area contributed by atoms with E-state index < -0.39 is 0 Å². The third kappa shape index (κ3) is 2.43. The van der Waals surface area contributed by atoms with Crippen LogP contribution in [0.3, 0.4) is 0 Å². The van der Waals surface area contributed by atoms with Crippen LogP contribution < -0.4 is 10.6 Å². The van der Waals surface area contributed by atoms with Crippen molar-refractivity contribution in [1.82, 2.24) is 15.5 Å². The molecule has 0 aliphatic carbocycles. The van der Waals surface area contributed by atoms with Gasteiger partial charge in [-0.1, -0.05) is 0 Å².